The van der Waals surface area contributed by atoms with Gasteiger partial charge in [0.25, 0.3) is 5.69 Å². The number of nitro benzene ring substituents is 1. The van der Waals surface area contributed by atoms with Crippen molar-refractivity contribution in [2.24, 2.45) is 0 Å². The summed E-state index contributed by atoms with van der Waals surface area (Å²) in [6.07, 6.45) is 0. The van der Waals surface area contributed by atoms with Crippen molar-refractivity contribution in [2.75, 3.05) is 0 Å². The highest BCUT2D eigenvalue weighted by Crippen LogP contribution is 2.48. The van der Waals surface area contributed by atoms with E-state index in [0.717, 1.165) is 5.56 Å². The molecule has 0 radical (unpaired) electrons. The average Bonchev–Trinajstić information content (AvgIpc) is 3.22. The first-order chi connectivity index (χ1) is 17.9. The average molecular weight is 541 g/mol. The van der Waals surface area contributed by atoms with Crippen molar-refractivity contribution in [2.45, 2.75) is 68.2 Å². The van der Waals surface area contributed by atoms with Gasteiger partial charge in [-0.05, 0) is 51.0 Å². The third kappa shape index (κ3) is 3.90. The lowest BCUT2D eigenvalue weighted by Crippen LogP contribution is -2.74. The van der Waals surface area contributed by atoms with Crippen LogP contribution in [0.25, 0.3) is 0 Å². The van der Waals surface area contributed by atoms with Crippen molar-refractivity contribution in [1.29, 1.82) is 0 Å². The molecule has 5 atom stereocenters. The molecule has 12 heteroatoms. The molecule has 3 heterocycles. The van der Waals surface area contributed by atoms with Crippen molar-refractivity contribution in [1.82, 2.24) is 15.1 Å². The Kier molecular flexibility index (Phi) is 6.14. The van der Waals surface area contributed by atoms with Crippen LogP contribution in [-0.2, 0) is 36.5 Å². The van der Waals surface area contributed by atoms with E-state index >= 15 is 0 Å². The van der Waals surface area contributed by atoms with E-state index in [1.54, 1.807) is 27.7 Å². The second-order valence-electron chi connectivity index (χ2n) is 10.7. The quantitative estimate of drug-likeness (QED) is 0.254. The highest BCUT2D eigenvalue weighted by Gasteiger charge is 2.71. The Labute approximate surface area is 221 Å². The van der Waals surface area contributed by atoms with Gasteiger partial charge in [-0.1, -0.05) is 30.3 Å². The molecule has 5 rings (SSSR count). The molecule has 0 spiro atoms. The van der Waals surface area contributed by atoms with Gasteiger partial charge in [-0.25, -0.2) is 4.79 Å². The van der Waals surface area contributed by atoms with Crippen LogP contribution in [0, 0.1) is 10.1 Å². The second-order valence-corrected chi connectivity index (χ2v) is 12.8. The molecule has 2 amide bonds. The smallest absolute Gasteiger partial charge is 0.330 e. The molecule has 11 nitrogen and oxygen atoms in total. The highest BCUT2D eigenvalue weighted by molar-refractivity contribution is 7.87. The predicted molar refractivity (Wildman–Crippen MR) is 137 cm³/mol. The number of benzene rings is 2. The molecule has 1 N–H and O–H groups in total. The number of amides is 2. The lowest BCUT2D eigenvalue weighted by Gasteiger charge is -2.50. The Morgan fingerprint density at radius 1 is 1.05 bits per heavy atom. The minimum Gasteiger partial charge on any atom is -0.459 e. The van der Waals surface area contributed by atoms with E-state index in [9.17, 15) is 28.7 Å². The number of esters is 1. The van der Waals surface area contributed by atoms with Crippen molar-refractivity contribution in [3.8, 4) is 0 Å². The van der Waals surface area contributed by atoms with Gasteiger partial charge in [0.2, 0.25) is 11.8 Å². The number of nitrogens with zero attached hydrogens (tertiary/aromatic N) is 3. The van der Waals surface area contributed by atoms with Crippen molar-refractivity contribution in [3.63, 3.8) is 0 Å². The summed E-state index contributed by atoms with van der Waals surface area (Å²) in [4.78, 5) is 53.4. The summed E-state index contributed by atoms with van der Waals surface area (Å²) in [5.41, 5.74) is 0.313. The molecule has 2 aromatic rings. The second kappa shape index (κ2) is 8.98. The summed E-state index contributed by atoms with van der Waals surface area (Å²) in [6.45, 7) is 6.72. The number of hydrogen-bond donors (Lipinski definition) is 1. The Morgan fingerprint density at radius 3 is 2.29 bits per heavy atom. The maximum Gasteiger partial charge on any atom is 0.330 e. The Bertz CT molecular complexity index is 1350. The van der Waals surface area contributed by atoms with Crippen molar-refractivity contribution >= 4 is 34.3 Å². The Hall–Kier alpha value is -3.64. The SMILES string of the molecule is CC1(C)NC(c2ccccc2)C(=O)N1C1C(=O)N2C(C(=O)OCc3ccc([N+](=O)[O-])cc3)C(C)(C)S(=O)[C@@H]12. The minimum absolute atomic E-state index is 0.0872. The summed E-state index contributed by atoms with van der Waals surface area (Å²) >= 11 is 0. The molecular weight excluding hydrogens is 512 g/mol. The first kappa shape index (κ1) is 26.0. The van der Waals surface area contributed by atoms with E-state index in [4.69, 9.17) is 4.74 Å². The Balaban J connectivity index is 1.36. The summed E-state index contributed by atoms with van der Waals surface area (Å²) in [5.74, 6) is -1.47. The molecule has 2 aromatic carbocycles. The zero-order valence-corrected chi connectivity index (χ0v) is 22.1. The number of nitro groups is 1. The van der Waals surface area contributed by atoms with E-state index in [1.807, 2.05) is 30.3 Å². The van der Waals surface area contributed by atoms with Gasteiger partial charge in [0.15, 0.2) is 0 Å². The monoisotopic (exact) mass is 540 g/mol. The number of ether oxygens (including phenoxy) is 1. The van der Waals surface area contributed by atoms with Crippen LogP contribution in [0.5, 0.6) is 0 Å². The molecule has 3 saturated heterocycles. The minimum atomic E-state index is -1.67. The van der Waals surface area contributed by atoms with Crippen LogP contribution < -0.4 is 5.32 Å². The lowest BCUT2D eigenvalue weighted by molar-refractivity contribution is -0.384. The van der Waals surface area contributed by atoms with Crippen LogP contribution in [0.3, 0.4) is 0 Å². The molecule has 3 fully saturated rings. The third-order valence-electron chi connectivity index (χ3n) is 7.47. The predicted octanol–water partition coefficient (Wildman–Crippen LogP) is 1.99. The van der Waals surface area contributed by atoms with Crippen LogP contribution in [0.1, 0.15) is 44.9 Å². The van der Waals surface area contributed by atoms with Crippen molar-refractivity contribution in [3.05, 3.63) is 75.8 Å². The molecule has 3 aliphatic rings. The zero-order valence-electron chi connectivity index (χ0n) is 21.3. The lowest BCUT2D eigenvalue weighted by atomic mass is 9.94. The van der Waals surface area contributed by atoms with Crippen LogP contribution in [-0.4, -0.2) is 64.6 Å². The molecule has 0 saturated carbocycles. The van der Waals surface area contributed by atoms with Gasteiger partial charge in [-0.15, -0.1) is 0 Å². The number of β-lactam (4-membered cyclic amide) rings is 1. The Morgan fingerprint density at radius 2 is 1.68 bits per heavy atom. The fourth-order valence-corrected chi connectivity index (χ4v) is 7.51. The van der Waals surface area contributed by atoms with Gasteiger partial charge in [0, 0.05) is 12.1 Å². The van der Waals surface area contributed by atoms with Gasteiger partial charge >= 0.3 is 5.97 Å². The first-order valence-electron chi connectivity index (χ1n) is 12.1. The van der Waals surface area contributed by atoms with Gasteiger partial charge in [0.05, 0.1) is 26.1 Å². The highest BCUT2D eigenvalue weighted by atomic mass is 32.2. The maximum atomic E-state index is 13.6. The van der Waals surface area contributed by atoms with Crippen LogP contribution >= 0.6 is 0 Å². The summed E-state index contributed by atoms with van der Waals surface area (Å²) in [6, 6.07) is 12.0. The van der Waals surface area contributed by atoms with Crippen LogP contribution in [0.15, 0.2) is 54.6 Å². The molecule has 0 aliphatic carbocycles. The van der Waals surface area contributed by atoms with Gasteiger partial charge < -0.3 is 14.5 Å². The molecule has 200 valence electrons. The van der Waals surface area contributed by atoms with Gasteiger partial charge in [0.1, 0.15) is 30.1 Å². The van der Waals surface area contributed by atoms with Gasteiger partial charge in [-0.2, -0.15) is 0 Å². The van der Waals surface area contributed by atoms with E-state index in [2.05, 4.69) is 5.32 Å². The number of fused-ring (bicyclic) bond motifs is 1. The molecule has 0 aromatic heterocycles. The van der Waals surface area contributed by atoms with Gasteiger partial charge in [-0.3, -0.25) is 29.2 Å². The number of hydrogen-bond acceptors (Lipinski definition) is 8. The summed E-state index contributed by atoms with van der Waals surface area (Å²) in [7, 11) is -1.67. The van der Waals surface area contributed by atoms with E-state index < -0.39 is 61.5 Å². The van der Waals surface area contributed by atoms with E-state index in [-0.39, 0.29) is 18.2 Å². The van der Waals surface area contributed by atoms with Crippen LogP contribution in [0.2, 0.25) is 0 Å². The first-order valence-corrected chi connectivity index (χ1v) is 13.4. The molecule has 38 heavy (non-hydrogen) atoms. The topological polar surface area (TPSA) is 139 Å². The number of nitrogens with one attached hydrogen (secondary N) is 1. The normalized spacial score (nSPS) is 29.1. The molecule has 4 unspecified atom stereocenters. The van der Waals surface area contributed by atoms with E-state index in [1.165, 1.54) is 34.1 Å². The number of non-ortho nitro benzene ring substituents is 1. The molecular formula is C26H28N4O7S. The number of carbonyl (C=O) groups excluding carboxylic acids is 3. The van der Waals surface area contributed by atoms with Crippen LogP contribution in [0.4, 0.5) is 5.69 Å². The summed E-state index contributed by atoms with van der Waals surface area (Å²) in [5, 5.41) is 13.3. The largest absolute Gasteiger partial charge is 0.459 e. The fourth-order valence-electron chi connectivity index (χ4n) is 5.56. The zero-order chi connectivity index (χ0) is 27.6. The van der Waals surface area contributed by atoms with Crippen molar-refractivity contribution < 1.29 is 28.3 Å². The molecule has 3 aliphatic heterocycles. The maximum absolute atomic E-state index is 13.6. The fraction of sp³-hybridized carbons (Fsp3) is 0.423. The van der Waals surface area contributed by atoms with E-state index in [0.29, 0.717) is 5.56 Å². The number of rotatable bonds is 6. The number of carbonyl (C=O) groups is 3. The standard InChI is InChI=1S/C26H28N4O7S/c1-25(2)20(24(33)37-14-15-10-12-17(13-11-15)30(34)35)28-22(32)19(23(28)38(25)36)29-21(31)18(27-26(29,3)4)16-8-6-5-7-9-16/h5-13,18-20,23,27H,14H2,1-4H3/t18?,19?,20?,23-,38?/m0/s1. The molecule has 0 bridgehead atoms. The third-order valence-corrected chi connectivity index (χ3v) is 9.66. The summed E-state index contributed by atoms with van der Waals surface area (Å²) < 4.78 is 18.0.